The van der Waals surface area contributed by atoms with Gasteiger partial charge in [0.1, 0.15) is 0 Å². The number of carbonyl (C=O) groups is 2. The van der Waals surface area contributed by atoms with E-state index in [0.29, 0.717) is 47.2 Å². The van der Waals surface area contributed by atoms with Gasteiger partial charge < -0.3 is 19.9 Å². The van der Waals surface area contributed by atoms with Crippen LogP contribution in [0.15, 0.2) is 54.6 Å². The number of aryl methyl sites for hydroxylation is 1. The Labute approximate surface area is 201 Å². The summed E-state index contributed by atoms with van der Waals surface area (Å²) in [6.45, 7) is 1.83. The smallest absolute Gasteiger partial charge is 0.416 e. The van der Waals surface area contributed by atoms with Gasteiger partial charge in [-0.1, -0.05) is 12.1 Å². The van der Waals surface area contributed by atoms with Gasteiger partial charge in [0.2, 0.25) is 12.7 Å². The molecule has 1 aliphatic carbocycles. The Morgan fingerprint density at radius 3 is 2.43 bits per heavy atom. The third-order valence-electron chi connectivity index (χ3n) is 6.42. The minimum Gasteiger partial charge on any atom is -0.478 e. The van der Waals surface area contributed by atoms with Crippen LogP contribution in [-0.4, -0.2) is 23.8 Å². The molecule has 0 atom stereocenters. The summed E-state index contributed by atoms with van der Waals surface area (Å²) in [6, 6.07) is 13.0. The number of rotatable bonds is 5. The Morgan fingerprint density at radius 2 is 1.74 bits per heavy atom. The summed E-state index contributed by atoms with van der Waals surface area (Å²) >= 11 is 0. The second-order valence-electron chi connectivity index (χ2n) is 8.74. The van der Waals surface area contributed by atoms with E-state index < -0.39 is 28.7 Å². The SMILES string of the molecule is Cc1ccc(NC(=O)C2(c3ccc4c(c3)OCO4)CC2)cc1-c1cc(C(=O)O)cc(C(F)(F)F)c1.[HH].[HH]. The maximum absolute atomic E-state index is 13.4. The van der Waals surface area contributed by atoms with Gasteiger partial charge >= 0.3 is 12.1 Å². The maximum atomic E-state index is 13.4. The zero-order chi connectivity index (χ0) is 25.0. The number of anilines is 1. The molecule has 1 aliphatic heterocycles. The first-order valence-corrected chi connectivity index (χ1v) is 10.8. The number of halogens is 3. The molecule has 35 heavy (non-hydrogen) atoms. The summed E-state index contributed by atoms with van der Waals surface area (Å²) in [5.41, 5.74) is 0.0816. The molecule has 1 amide bonds. The number of carboxylic acids is 1. The number of ether oxygens (including phenoxy) is 2. The van der Waals surface area contributed by atoms with Crippen molar-refractivity contribution >= 4 is 17.6 Å². The summed E-state index contributed by atoms with van der Waals surface area (Å²) in [7, 11) is 0. The van der Waals surface area contributed by atoms with Crippen molar-refractivity contribution < 1.29 is 40.2 Å². The van der Waals surface area contributed by atoms with Gasteiger partial charge in [0.05, 0.1) is 16.5 Å². The summed E-state index contributed by atoms with van der Waals surface area (Å²) in [5, 5.41) is 12.2. The Kier molecular flexibility index (Phi) is 5.23. The van der Waals surface area contributed by atoms with Crippen molar-refractivity contribution in [3.05, 3.63) is 76.9 Å². The quantitative estimate of drug-likeness (QED) is 0.443. The number of carboxylic acid groups (broad SMARTS) is 1. The lowest BCUT2D eigenvalue weighted by atomic mass is 9.93. The highest BCUT2D eigenvalue weighted by Gasteiger charge is 2.51. The van der Waals surface area contributed by atoms with Gasteiger partial charge in [0.25, 0.3) is 0 Å². The monoisotopic (exact) mass is 487 g/mol. The van der Waals surface area contributed by atoms with Gasteiger partial charge in [-0.2, -0.15) is 13.2 Å². The Balaban J connectivity index is 0.00000190. The molecule has 184 valence electrons. The van der Waals surface area contributed by atoms with Gasteiger partial charge in [0.15, 0.2) is 11.5 Å². The number of fused-ring (bicyclic) bond motifs is 1. The first-order chi connectivity index (χ1) is 16.6. The molecule has 0 radical (unpaired) electrons. The van der Waals surface area contributed by atoms with Crippen molar-refractivity contribution in [2.45, 2.75) is 31.4 Å². The number of alkyl halides is 3. The molecule has 0 saturated heterocycles. The molecule has 1 fully saturated rings. The fourth-order valence-electron chi connectivity index (χ4n) is 4.30. The average molecular weight is 487 g/mol. The predicted molar refractivity (Wildman–Crippen MR) is 125 cm³/mol. The summed E-state index contributed by atoms with van der Waals surface area (Å²) in [4.78, 5) is 24.7. The number of aromatic carboxylic acids is 1. The van der Waals surface area contributed by atoms with Gasteiger partial charge in [-0.25, -0.2) is 4.79 Å². The van der Waals surface area contributed by atoms with Crippen LogP contribution in [-0.2, 0) is 16.4 Å². The van der Waals surface area contributed by atoms with E-state index in [9.17, 15) is 27.9 Å². The minimum absolute atomic E-state index is 0. The van der Waals surface area contributed by atoms with Crippen LogP contribution >= 0.6 is 0 Å². The number of hydrogen-bond donors (Lipinski definition) is 2. The van der Waals surface area contributed by atoms with Gasteiger partial charge in [-0.05, 0) is 84.5 Å². The predicted octanol–water partition coefficient (Wildman–Crippen LogP) is 6.27. The van der Waals surface area contributed by atoms with Crippen molar-refractivity contribution in [3.63, 3.8) is 0 Å². The topological polar surface area (TPSA) is 84.9 Å². The first kappa shape index (κ1) is 22.8. The second kappa shape index (κ2) is 8.04. The number of benzene rings is 3. The Morgan fingerprint density at radius 1 is 1.00 bits per heavy atom. The van der Waals surface area contributed by atoms with E-state index >= 15 is 0 Å². The normalized spacial score (nSPS) is 15.5. The lowest BCUT2D eigenvalue weighted by Crippen LogP contribution is -2.27. The van der Waals surface area contributed by atoms with E-state index in [2.05, 4.69) is 5.32 Å². The Bertz CT molecular complexity index is 1370. The molecular formula is C26H24F3NO5. The molecule has 0 aromatic heterocycles. The summed E-state index contributed by atoms with van der Waals surface area (Å²) in [6.07, 6.45) is -3.41. The molecule has 2 N–H and O–H groups in total. The van der Waals surface area contributed by atoms with E-state index in [1.165, 1.54) is 6.07 Å². The van der Waals surface area contributed by atoms with Crippen molar-refractivity contribution in [1.82, 2.24) is 0 Å². The summed E-state index contributed by atoms with van der Waals surface area (Å²) < 4.78 is 50.9. The molecule has 1 saturated carbocycles. The molecular weight excluding hydrogens is 463 g/mol. The van der Waals surface area contributed by atoms with Crippen LogP contribution in [0.25, 0.3) is 11.1 Å². The second-order valence-corrected chi connectivity index (χ2v) is 8.74. The highest BCUT2D eigenvalue weighted by Crippen LogP contribution is 2.51. The molecule has 1 heterocycles. The molecule has 3 aromatic carbocycles. The van der Waals surface area contributed by atoms with Crippen LogP contribution in [0.4, 0.5) is 18.9 Å². The van der Waals surface area contributed by atoms with Gasteiger partial charge in [-0.3, -0.25) is 4.79 Å². The van der Waals surface area contributed by atoms with E-state index in [1.807, 2.05) is 6.07 Å². The van der Waals surface area contributed by atoms with Crippen molar-refractivity contribution in [3.8, 4) is 22.6 Å². The largest absolute Gasteiger partial charge is 0.478 e. The van der Waals surface area contributed by atoms with Crippen molar-refractivity contribution in [1.29, 1.82) is 0 Å². The summed E-state index contributed by atoms with van der Waals surface area (Å²) in [5.74, 6) is -0.492. The van der Waals surface area contributed by atoms with E-state index in [0.717, 1.165) is 11.6 Å². The van der Waals surface area contributed by atoms with Crippen LogP contribution < -0.4 is 14.8 Å². The van der Waals surface area contributed by atoms with E-state index in [4.69, 9.17) is 9.47 Å². The number of carbonyl (C=O) groups excluding carboxylic acids is 1. The molecule has 3 aromatic rings. The first-order valence-electron chi connectivity index (χ1n) is 10.8. The fourth-order valence-corrected chi connectivity index (χ4v) is 4.30. The standard InChI is InChI=1S/C26H20F3NO5.2H2/c1-14-2-4-19(12-20(14)15-8-16(23(31)32)10-18(9-15)26(27,28)29)30-24(33)25(6-7-25)17-3-5-21-22(11-17)35-13-34-21;;/h2-5,8-12H,6-7,13H2,1H3,(H,30,33)(H,31,32);2*1H. The third kappa shape index (κ3) is 4.18. The van der Waals surface area contributed by atoms with Gasteiger partial charge in [-0.15, -0.1) is 0 Å². The zero-order valence-corrected chi connectivity index (χ0v) is 18.5. The molecule has 9 heteroatoms. The minimum atomic E-state index is -4.71. The molecule has 2 aliphatic rings. The third-order valence-corrected chi connectivity index (χ3v) is 6.42. The van der Waals surface area contributed by atoms with Crippen molar-refractivity contribution in [2.75, 3.05) is 12.1 Å². The molecule has 0 spiro atoms. The zero-order valence-electron chi connectivity index (χ0n) is 18.5. The maximum Gasteiger partial charge on any atom is 0.416 e. The highest BCUT2D eigenvalue weighted by atomic mass is 19.4. The molecule has 6 nitrogen and oxygen atoms in total. The van der Waals surface area contributed by atoms with Crippen LogP contribution in [0.5, 0.6) is 11.5 Å². The fraction of sp³-hybridized carbons (Fsp3) is 0.231. The molecule has 0 unspecified atom stereocenters. The van der Waals surface area contributed by atoms with Crippen LogP contribution in [0.1, 0.15) is 42.7 Å². The van der Waals surface area contributed by atoms with Crippen LogP contribution in [0.2, 0.25) is 0 Å². The van der Waals surface area contributed by atoms with E-state index in [-0.39, 0.29) is 21.1 Å². The average Bonchev–Trinajstić information content (AvgIpc) is 3.50. The number of hydrogen-bond acceptors (Lipinski definition) is 4. The van der Waals surface area contributed by atoms with E-state index in [1.54, 1.807) is 37.3 Å². The highest BCUT2D eigenvalue weighted by molar-refractivity contribution is 6.02. The van der Waals surface area contributed by atoms with Crippen LogP contribution in [0.3, 0.4) is 0 Å². The number of amides is 1. The lowest BCUT2D eigenvalue weighted by molar-refractivity contribution is -0.137. The van der Waals surface area contributed by atoms with Gasteiger partial charge in [0, 0.05) is 8.54 Å². The number of nitrogens with one attached hydrogen (secondary N) is 1. The van der Waals surface area contributed by atoms with Crippen LogP contribution in [0, 0.1) is 6.92 Å². The molecule has 5 rings (SSSR count). The molecule has 0 bridgehead atoms. The van der Waals surface area contributed by atoms with Crippen molar-refractivity contribution in [2.24, 2.45) is 0 Å². The Hall–Kier alpha value is -4.01. The lowest BCUT2D eigenvalue weighted by Gasteiger charge is -2.18.